The Labute approximate surface area is 88.7 Å². The first-order valence-corrected chi connectivity index (χ1v) is 5.08. The molecule has 1 saturated carbocycles. The van der Waals surface area contributed by atoms with Crippen molar-refractivity contribution >= 4 is 28.7 Å². The van der Waals surface area contributed by atoms with Gasteiger partial charge in [0.1, 0.15) is 0 Å². The summed E-state index contributed by atoms with van der Waals surface area (Å²) in [6.45, 7) is 0. The van der Waals surface area contributed by atoms with Gasteiger partial charge in [-0.25, -0.2) is 0 Å². The molecule has 0 saturated heterocycles. The normalized spacial score (nSPS) is 14.9. The van der Waals surface area contributed by atoms with E-state index in [1.165, 1.54) is 12.8 Å². The van der Waals surface area contributed by atoms with Crippen LogP contribution >= 0.6 is 12.2 Å². The molecule has 0 heterocycles. The lowest BCUT2D eigenvalue weighted by Crippen LogP contribution is -2.20. The summed E-state index contributed by atoms with van der Waals surface area (Å²) < 4.78 is 0. The maximum absolute atomic E-state index is 5.43. The summed E-state index contributed by atoms with van der Waals surface area (Å²) in [6.07, 6.45) is 2.50. The van der Waals surface area contributed by atoms with E-state index in [2.05, 4.69) is 10.6 Å². The standard InChI is InChI=1S/C10H13N3S/c11-10(14)13-9-4-2-1-3-8(9)12-7-5-6-7/h1-4,7,12H,5-6H2,(H3,11,13,14). The van der Waals surface area contributed by atoms with E-state index in [4.69, 9.17) is 18.0 Å². The van der Waals surface area contributed by atoms with Gasteiger partial charge >= 0.3 is 0 Å². The number of anilines is 2. The third kappa shape index (κ3) is 2.35. The van der Waals surface area contributed by atoms with E-state index in [1.54, 1.807) is 0 Å². The van der Waals surface area contributed by atoms with Crippen molar-refractivity contribution < 1.29 is 0 Å². The second kappa shape index (κ2) is 3.84. The van der Waals surface area contributed by atoms with E-state index in [9.17, 15) is 0 Å². The van der Waals surface area contributed by atoms with Crippen LogP contribution in [0.5, 0.6) is 0 Å². The van der Waals surface area contributed by atoms with E-state index >= 15 is 0 Å². The SMILES string of the molecule is NC(=S)Nc1ccccc1NC1CC1. The van der Waals surface area contributed by atoms with Gasteiger partial charge in [-0.05, 0) is 37.2 Å². The average Bonchev–Trinajstić information content (AvgIpc) is 2.91. The first-order valence-electron chi connectivity index (χ1n) is 4.68. The van der Waals surface area contributed by atoms with Crippen LogP contribution in [0.25, 0.3) is 0 Å². The van der Waals surface area contributed by atoms with Gasteiger partial charge in [0.2, 0.25) is 0 Å². The molecule has 1 aromatic carbocycles. The highest BCUT2D eigenvalue weighted by molar-refractivity contribution is 7.80. The summed E-state index contributed by atoms with van der Waals surface area (Å²) >= 11 is 4.81. The van der Waals surface area contributed by atoms with Crippen molar-refractivity contribution in [3.63, 3.8) is 0 Å². The minimum absolute atomic E-state index is 0.301. The highest BCUT2D eigenvalue weighted by atomic mass is 32.1. The Morgan fingerprint density at radius 2 is 1.93 bits per heavy atom. The van der Waals surface area contributed by atoms with E-state index < -0.39 is 0 Å². The number of nitrogens with one attached hydrogen (secondary N) is 2. The molecule has 1 aliphatic rings. The molecule has 1 fully saturated rings. The minimum atomic E-state index is 0.301. The molecule has 0 unspecified atom stereocenters. The Kier molecular flexibility index (Phi) is 2.54. The highest BCUT2D eigenvalue weighted by Crippen LogP contribution is 2.29. The Morgan fingerprint density at radius 3 is 2.50 bits per heavy atom. The van der Waals surface area contributed by atoms with Gasteiger partial charge in [-0.2, -0.15) is 0 Å². The van der Waals surface area contributed by atoms with Crippen molar-refractivity contribution in [2.24, 2.45) is 5.73 Å². The molecule has 0 amide bonds. The highest BCUT2D eigenvalue weighted by Gasteiger charge is 2.21. The Morgan fingerprint density at radius 1 is 1.29 bits per heavy atom. The summed E-state index contributed by atoms with van der Waals surface area (Å²) in [4.78, 5) is 0. The molecular weight excluding hydrogens is 194 g/mol. The number of hydrogen-bond donors (Lipinski definition) is 3. The fourth-order valence-electron chi connectivity index (χ4n) is 1.30. The number of thiocarbonyl (C=S) groups is 1. The lowest BCUT2D eigenvalue weighted by Gasteiger charge is -2.11. The van der Waals surface area contributed by atoms with Crippen LogP contribution in [0.3, 0.4) is 0 Å². The topological polar surface area (TPSA) is 50.1 Å². The fraction of sp³-hybridized carbons (Fsp3) is 0.300. The third-order valence-electron chi connectivity index (χ3n) is 2.12. The number of benzene rings is 1. The minimum Gasteiger partial charge on any atom is -0.381 e. The van der Waals surface area contributed by atoms with Gasteiger partial charge in [0.25, 0.3) is 0 Å². The predicted octanol–water partition coefficient (Wildman–Crippen LogP) is 1.92. The maximum Gasteiger partial charge on any atom is 0.168 e. The molecule has 14 heavy (non-hydrogen) atoms. The van der Waals surface area contributed by atoms with Gasteiger partial charge in [0.15, 0.2) is 5.11 Å². The molecule has 3 nitrogen and oxygen atoms in total. The summed E-state index contributed by atoms with van der Waals surface area (Å²) in [5.74, 6) is 0. The molecule has 4 N–H and O–H groups in total. The predicted molar refractivity (Wildman–Crippen MR) is 63.5 cm³/mol. The van der Waals surface area contributed by atoms with E-state index in [1.807, 2.05) is 24.3 Å². The molecule has 1 aromatic rings. The molecule has 0 aliphatic heterocycles. The summed E-state index contributed by atoms with van der Waals surface area (Å²) in [6, 6.07) is 8.57. The number of hydrogen-bond acceptors (Lipinski definition) is 2. The zero-order valence-corrected chi connectivity index (χ0v) is 8.60. The molecule has 0 atom stereocenters. The van der Waals surface area contributed by atoms with Crippen LogP contribution in [-0.4, -0.2) is 11.2 Å². The first kappa shape index (κ1) is 9.27. The van der Waals surface area contributed by atoms with Gasteiger partial charge < -0.3 is 16.4 Å². The van der Waals surface area contributed by atoms with Crippen molar-refractivity contribution in [2.75, 3.05) is 10.6 Å². The van der Waals surface area contributed by atoms with Crippen LogP contribution in [0.2, 0.25) is 0 Å². The maximum atomic E-state index is 5.43. The van der Waals surface area contributed by atoms with Gasteiger partial charge in [-0.1, -0.05) is 12.1 Å². The van der Waals surface area contributed by atoms with Crippen molar-refractivity contribution in [3.8, 4) is 0 Å². The zero-order chi connectivity index (χ0) is 9.97. The Bertz CT molecular complexity index is 347. The molecule has 0 bridgehead atoms. The van der Waals surface area contributed by atoms with Crippen molar-refractivity contribution in [1.29, 1.82) is 0 Å². The number of nitrogens with two attached hydrogens (primary N) is 1. The third-order valence-corrected chi connectivity index (χ3v) is 2.22. The van der Waals surface area contributed by atoms with Crippen LogP contribution in [0.4, 0.5) is 11.4 Å². The molecule has 74 valence electrons. The summed E-state index contributed by atoms with van der Waals surface area (Å²) in [5.41, 5.74) is 7.46. The van der Waals surface area contributed by atoms with Crippen LogP contribution in [0, 0.1) is 0 Å². The lowest BCUT2D eigenvalue weighted by atomic mass is 10.2. The van der Waals surface area contributed by atoms with Crippen molar-refractivity contribution in [3.05, 3.63) is 24.3 Å². The second-order valence-corrected chi connectivity index (χ2v) is 3.89. The number of para-hydroxylation sites is 2. The van der Waals surface area contributed by atoms with Crippen LogP contribution in [-0.2, 0) is 0 Å². The Balaban J connectivity index is 2.14. The lowest BCUT2D eigenvalue weighted by molar-refractivity contribution is 1.16. The van der Waals surface area contributed by atoms with Gasteiger partial charge in [-0.3, -0.25) is 0 Å². The summed E-state index contributed by atoms with van der Waals surface area (Å²) in [7, 11) is 0. The number of rotatable bonds is 3. The Hall–Kier alpha value is -1.29. The van der Waals surface area contributed by atoms with Crippen LogP contribution < -0.4 is 16.4 Å². The van der Waals surface area contributed by atoms with E-state index in [0.717, 1.165) is 11.4 Å². The molecule has 0 aromatic heterocycles. The molecule has 4 heteroatoms. The van der Waals surface area contributed by atoms with E-state index in [0.29, 0.717) is 11.2 Å². The smallest absolute Gasteiger partial charge is 0.168 e. The fourth-order valence-corrected chi connectivity index (χ4v) is 1.41. The average molecular weight is 207 g/mol. The molecule has 0 spiro atoms. The van der Waals surface area contributed by atoms with Gasteiger partial charge in [-0.15, -0.1) is 0 Å². The monoisotopic (exact) mass is 207 g/mol. The van der Waals surface area contributed by atoms with E-state index in [-0.39, 0.29) is 0 Å². The van der Waals surface area contributed by atoms with Gasteiger partial charge in [0.05, 0.1) is 11.4 Å². The van der Waals surface area contributed by atoms with Gasteiger partial charge in [0, 0.05) is 6.04 Å². The van der Waals surface area contributed by atoms with Crippen molar-refractivity contribution in [1.82, 2.24) is 0 Å². The second-order valence-electron chi connectivity index (χ2n) is 3.45. The molecule has 0 radical (unpaired) electrons. The molecule has 2 rings (SSSR count). The molecular formula is C10H13N3S. The zero-order valence-electron chi connectivity index (χ0n) is 7.79. The van der Waals surface area contributed by atoms with Crippen LogP contribution in [0.15, 0.2) is 24.3 Å². The first-order chi connectivity index (χ1) is 6.75. The quantitative estimate of drug-likeness (QED) is 0.663. The van der Waals surface area contributed by atoms with Crippen molar-refractivity contribution in [2.45, 2.75) is 18.9 Å². The largest absolute Gasteiger partial charge is 0.381 e. The van der Waals surface area contributed by atoms with Crippen LogP contribution in [0.1, 0.15) is 12.8 Å². The molecule has 1 aliphatic carbocycles. The summed E-state index contributed by atoms with van der Waals surface area (Å²) in [5, 5.41) is 6.67.